The summed E-state index contributed by atoms with van der Waals surface area (Å²) in [4.78, 5) is 11.4. The lowest BCUT2D eigenvalue weighted by atomic mass is 10.2. The van der Waals surface area contributed by atoms with Crippen LogP contribution < -0.4 is 14.8 Å². The summed E-state index contributed by atoms with van der Waals surface area (Å²) in [5.74, 6) is -0.792. The first-order valence-electron chi connectivity index (χ1n) is 5.58. The summed E-state index contributed by atoms with van der Waals surface area (Å²) in [6.45, 7) is 1.60. The summed E-state index contributed by atoms with van der Waals surface area (Å²) in [6.07, 6.45) is 0.135. The molecule has 1 aromatic heterocycles. The Hall–Kier alpha value is -2.88. The Kier molecular flexibility index (Phi) is 3.16. The quantitative estimate of drug-likeness (QED) is 0.618. The number of nitrogens with zero attached hydrogens (tertiary/aromatic N) is 3. The van der Waals surface area contributed by atoms with Crippen LogP contribution >= 0.6 is 0 Å². The number of nitrogens with one attached hydrogen (secondary N) is 1. The van der Waals surface area contributed by atoms with E-state index in [9.17, 15) is 15.2 Å². The highest BCUT2D eigenvalue weighted by atomic mass is 16.5. The van der Waals surface area contributed by atoms with Gasteiger partial charge in [0.25, 0.3) is 5.52 Å². The third-order valence-electron chi connectivity index (χ3n) is 2.63. The molecule has 1 amide bonds. The molecule has 0 aliphatic heterocycles. The van der Waals surface area contributed by atoms with Crippen LogP contribution in [0.4, 0.5) is 5.82 Å². The SMILES string of the molecule is CCC(=O)Nc1c(C#N)[n+]([O-])c2ccccc2[n+]1[O-]. The van der Waals surface area contributed by atoms with Crippen molar-refractivity contribution in [2.45, 2.75) is 13.3 Å². The van der Waals surface area contributed by atoms with Gasteiger partial charge in [-0.25, -0.2) is 14.8 Å². The van der Waals surface area contributed by atoms with Gasteiger partial charge in [0.05, 0.1) is 0 Å². The molecule has 7 nitrogen and oxygen atoms in total. The normalized spacial score (nSPS) is 10.1. The van der Waals surface area contributed by atoms with Gasteiger partial charge in [0.1, 0.15) is 0 Å². The molecular weight excluding hydrogens is 248 g/mol. The van der Waals surface area contributed by atoms with Crippen molar-refractivity contribution < 1.29 is 14.3 Å². The molecule has 7 heteroatoms. The van der Waals surface area contributed by atoms with Gasteiger partial charge in [0.15, 0.2) is 6.07 Å². The second kappa shape index (κ2) is 4.78. The first-order valence-corrected chi connectivity index (χ1v) is 5.58. The third kappa shape index (κ3) is 1.99. The van der Waals surface area contributed by atoms with Crippen LogP contribution in [0.25, 0.3) is 11.0 Å². The predicted octanol–water partition coefficient (Wildman–Crippen LogP) is 0.327. The van der Waals surface area contributed by atoms with E-state index in [1.807, 2.05) is 0 Å². The molecule has 2 rings (SSSR count). The maximum atomic E-state index is 12.1. The zero-order valence-corrected chi connectivity index (χ0v) is 10.1. The molecule has 0 radical (unpaired) electrons. The number of fused-ring (bicyclic) bond motifs is 1. The van der Waals surface area contributed by atoms with Gasteiger partial charge in [-0.1, -0.05) is 19.1 Å². The molecule has 1 heterocycles. The van der Waals surface area contributed by atoms with Crippen molar-refractivity contribution in [1.29, 1.82) is 5.26 Å². The summed E-state index contributed by atoms with van der Waals surface area (Å²) in [6, 6.07) is 7.70. The zero-order chi connectivity index (χ0) is 14.0. The number of aromatic nitrogens is 2. The fourth-order valence-corrected chi connectivity index (χ4v) is 1.67. The summed E-state index contributed by atoms with van der Waals surface area (Å²) < 4.78 is 0.727. The molecule has 2 aromatic rings. The van der Waals surface area contributed by atoms with Gasteiger partial charge in [-0.15, -0.1) is 4.73 Å². The number of rotatable bonds is 2. The van der Waals surface area contributed by atoms with E-state index >= 15 is 0 Å². The van der Waals surface area contributed by atoms with E-state index in [4.69, 9.17) is 5.26 Å². The van der Waals surface area contributed by atoms with Gasteiger partial charge < -0.3 is 10.4 Å². The van der Waals surface area contributed by atoms with Gasteiger partial charge >= 0.3 is 17.4 Å². The Morgan fingerprint density at radius 1 is 1.32 bits per heavy atom. The Morgan fingerprint density at radius 3 is 2.42 bits per heavy atom. The van der Waals surface area contributed by atoms with Crippen LogP contribution in [0.1, 0.15) is 19.0 Å². The minimum absolute atomic E-state index is 0.0727. The number of amides is 1. The van der Waals surface area contributed by atoms with Crippen molar-refractivity contribution >= 4 is 22.8 Å². The Morgan fingerprint density at radius 2 is 1.89 bits per heavy atom. The summed E-state index contributed by atoms with van der Waals surface area (Å²) in [5, 5.41) is 35.4. The summed E-state index contributed by atoms with van der Waals surface area (Å²) >= 11 is 0. The third-order valence-corrected chi connectivity index (χ3v) is 2.63. The smallest absolute Gasteiger partial charge is 0.386 e. The van der Waals surface area contributed by atoms with Gasteiger partial charge in [-0.2, -0.15) is 5.26 Å². The van der Waals surface area contributed by atoms with Crippen molar-refractivity contribution in [3.63, 3.8) is 0 Å². The molecule has 1 N–H and O–H groups in total. The van der Waals surface area contributed by atoms with E-state index < -0.39 is 11.6 Å². The Bertz CT molecular complexity index is 706. The second-order valence-electron chi connectivity index (χ2n) is 3.79. The number of para-hydroxylation sites is 2. The predicted molar refractivity (Wildman–Crippen MR) is 65.5 cm³/mol. The zero-order valence-electron chi connectivity index (χ0n) is 10.1. The second-order valence-corrected chi connectivity index (χ2v) is 3.79. The van der Waals surface area contributed by atoms with Crippen LogP contribution in [0, 0.1) is 21.7 Å². The Balaban J connectivity index is 2.79. The average molecular weight is 258 g/mol. The molecule has 0 unspecified atom stereocenters. The lowest BCUT2D eigenvalue weighted by Crippen LogP contribution is -2.44. The monoisotopic (exact) mass is 258 g/mol. The molecule has 0 saturated carbocycles. The molecule has 19 heavy (non-hydrogen) atoms. The van der Waals surface area contributed by atoms with E-state index in [1.54, 1.807) is 25.1 Å². The van der Waals surface area contributed by atoms with Crippen molar-refractivity contribution in [3.05, 3.63) is 40.4 Å². The fourth-order valence-electron chi connectivity index (χ4n) is 1.67. The topological polar surface area (TPSA) is 107 Å². The van der Waals surface area contributed by atoms with Crippen molar-refractivity contribution in [2.24, 2.45) is 0 Å². The van der Waals surface area contributed by atoms with E-state index in [1.165, 1.54) is 12.1 Å². The van der Waals surface area contributed by atoms with E-state index in [0.717, 1.165) is 0 Å². The van der Waals surface area contributed by atoms with Crippen LogP contribution in [0.2, 0.25) is 0 Å². The molecular formula is C12H10N4O3. The van der Waals surface area contributed by atoms with Crippen molar-refractivity contribution in [2.75, 3.05) is 5.32 Å². The lowest BCUT2D eigenvalue weighted by molar-refractivity contribution is -0.620. The molecule has 0 aliphatic rings. The highest BCUT2D eigenvalue weighted by Crippen LogP contribution is 2.12. The number of carbonyl (C=O) groups excluding carboxylic acids is 1. The fraction of sp³-hybridized carbons (Fsp3) is 0.167. The lowest BCUT2D eigenvalue weighted by Gasteiger charge is -2.12. The number of hydrogen-bond donors (Lipinski definition) is 1. The van der Waals surface area contributed by atoms with E-state index in [2.05, 4.69) is 5.32 Å². The molecule has 1 aromatic carbocycles. The number of nitriles is 1. The Labute approximate surface area is 108 Å². The van der Waals surface area contributed by atoms with Crippen LogP contribution in [0.5, 0.6) is 0 Å². The highest BCUT2D eigenvalue weighted by Gasteiger charge is 2.27. The standard InChI is InChI=1S/C12H10N4O3/c1-2-11(17)14-12-10(7-13)15(18)8-5-3-4-6-9(8)16(12)19/h3-6H,2H2,1H3,(H,14,17). The van der Waals surface area contributed by atoms with E-state index in [-0.39, 0.29) is 23.3 Å². The van der Waals surface area contributed by atoms with Crippen molar-refractivity contribution in [3.8, 4) is 6.07 Å². The van der Waals surface area contributed by atoms with Crippen LogP contribution in [-0.2, 0) is 4.79 Å². The summed E-state index contributed by atoms with van der Waals surface area (Å²) in [7, 11) is 0. The molecule has 96 valence electrons. The first-order chi connectivity index (χ1) is 9.10. The van der Waals surface area contributed by atoms with Gasteiger partial charge in [0.2, 0.25) is 5.52 Å². The molecule has 0 bridgehead atoms. The molecule has 0 aliphatic carbocycles. The molecule has 0 atom stereocenters. The van der Waals surface area contributed by atoms with Crippen LogP contribution in [-0.4, -0.2) is 5.91 Å². The minimum Gasteiger partial charge on any atom is -0.710 e. The highest BCUT2D eigenvalue weighted by molar-refractivity contribution is 5.90. The average Bonchev–Trinajstić information content (AvgIpc) is 2.44. The number of anilines is 1. The first kappa shape index (κ1) is 12.6. The number of benzene rings is 1. The molecule has 0 spiro atoms. The van der Waals surface area contributed by atoms with Gasteiger partial charge in [0, 0.05) is 12.5 Å². The molecule has 0 fully saturated rings. The molecule has 0 saturated heterocycles. The summed E-state index contributed by atoms with van der Waals surface area (Å²) in [5.41, 5.74) is -0.276. The van der Waals surface area contributed by atoms with Crippen molar-refractivity contribution in [1.82, 2.24) is 0 Å². The van der Waals surface area contributed by atoms with Crippen LogP contribution in [0.3, 0.4) is 0 Å². The largest absolute Gasteiger partial charge is 0.710 e. The maximum Gasteiger partial charge on any atom is 0.386 e. The van der Waals surface area contributed by atoms with Crippen LogP contribution in [0.15, 0.2) is 24.3 Å². The maximum absolute atomic E-state index is 12.1. The van der Waals surface area contributed by atoms with E-state index in [0.29, 0.717) is 9.46 Å². The number of carbonyl (C=O) groups is 1. The number of hydrogen-bond acceptors (Lipinski definition) is 4. The minimum atomic E-state index is -0.448. The van der Waals surface area contributed by atoms with Gasteiger partial charge in [-0.05, 0) is 6.07 Å². The van der Waals surface area contributed by atoms with Gasteiger partial charge in [-0.3, -0.25) is 0 Å².